The second-order valence-corrected chi connectivity index (χ2v) is 11.4. The summed E-state index contributed by atoms with van der Waals surface area (Å²) in [6, 6.07) is -0.802. The average molecular weight is 428 g/mol. The summed E-state index contributed by atoms with van der Waals surface area (Å²) < 4.78 is 25.6. The molecule has 0 amide bonds. The predicted molar refractivity (Wildman–Crippen MR) is 107 cm³/mol. The molecule has 3 atom stereocenters. The molecule has 2 unspecified atom stereocenters. The Kier molecular flexibility index (Phi) is 9.46. The maximum absolute atomic E-state index is 13.9. The Hall–Kier alpha value is -0.250. The fourth-order valence-corrected chi connectivity index (χ4v) is 8.89. The second kappa shape index (κ2) is 10.3. The van der Waals surface area contributed by atoms with Crippen LogP contribution in [0.2, 0.25) is 0 Å². The molecule has 0 aliphatic heterocycles. The highest BCUT2D eigenvalue weighted by Crippen LogP contribution is 2.63. The monoisotopic (exact) mass is 427 g/mol. The average Bonchev–Trinajstić information content (AvgIpc) is 3.33. The van der Waals surface area contributed by atoms with Gasteiger partial charge in [0.05, 0.1) is 18.6 Å². The summed E-state index contributed by atoms with van der Waals surface area (Å²) in [5.74, 6) is -0.524. The summed E-state index contributed by atoms with van der Waals surface area (Å²) in [5.41, 5.74) is 4.61. The third-order valence-corrected chi connectivity index (χ3v) is 9.51. The lowest BCUT2D eigenvalue weighted by Crippen LogP contribution is -2.47. The molecule has 1 saturated carbocycles. The second-order valence-electron chi connectivity index (χ2n) is 6.00. The highest BCUT2D eigenvalue weighted by atomic mass is 32.7. The van der Waals surface area contributed by atoms with Gasteiger partial charge < -0.3 is 15.2 Å². The van der Waals surface area contributed by atoms with E-state index in [1.165, 1.54) is 4.67 Å². The topological polar surface area (TPSA) is 111 Å². The van der Waals surface area contributed by atoms with Gasteiger partial charge in [-0.1, -0.05) is 11.4 Å². The van der Waals surface area contributed by atoms with Gasteiger partial charge in [0.1, 0.15) is 11.6 Å². The van der Waals surface area contributed by atoms with Crippen molar-refractivity contribution in [1.82, 2.24) is 9.76 Å². The zero-order valence-corrected chi connectivity index (χ0v) is 18.4. The van der Waals surface area contributed by atoms with E-state index in [-0.39, 0.29) is 13.2 Å². The van der Waals surface area contributed by atoms with E-state index >= 15 is 0 Å². The largest absolute Gasteiger partial charge is 0.465 e. The Labute approximate surface area is 164 Å². The molecule has 0 saturated heterocycles. The SMILES string of the molecule is CCOC(=O)[C@H](C)N(C(C)S)P(=O)(NC1(C(=O)OCC)CC1)SCCN. The van der Waals surface area contributed by atoms with Crippen molar-refractivity contribution < 1.29 is 23.6 Å². The fourth-order valence-electron chi connectivity index (χ4n) is 2.50. The minimum atomic E-state index is -3.43. The minimum Gasteiger partial charge on any atom is -0.465 e. The lowest BCUT2D eigenvalue weighted by atomic mass is 10.3. The number of hydrogen-bond acceptors (Lipinski definition) is 8. The van der Waals surface area contributed by atoms with Crippen LogP contribution < -0.4 is 10.8 Å². The number of carbonyl (C=O) groups excluding carboxylic acids is 2. The molecule has 26 heavy (non-hydrogen) atoms. The molecule has 0 heterocycles. The molecule has 0 aromatic heterocycles. The maximum Gasteiger partial charge on any atom is 0.326 e. The first-order valence-corrected chi connectivity index (χ1v) is 12.5. The quantitative estimate of drug-likeness (QED) is 0.186. The van der Waals surface area contributed by atoms with Crippen molar-refractivity contribution >= 4 is 42.6 Å². The van der Waals surface area contributed by atoms with Gasteiger partial charge in [-0.15, -0.1) is 0 Å². The van der Waals surface area contributed by atoms with Gasteiger partial charge in [0.2, 0.25) is 0 Å². The molecule has 0 radical (unpaired) electrons. The van der Waals surface area contributed by atoms with Crippen LogP contribution >= 0.6 is 30.7 Å². The summed E-state index contributed by atoms with van der Waals surface area (Å²) >= 11 is 5.53. The summed E-state index contributed by atoms with van der Waals surface area (Å²) in [5, 5.41) is 2.50. The van der Waals surface area contributed by atoms with Crippen LogP contribution in [0.5, 0.6) is 0 Å². The van der Waals surface area contributed by atoms with Gasteiger partial charge in [-0.3, -0.25) is 14.2 Å². The zero-order valence-electron chi connectivity index (χ0n) is 15.8. The van der Waals surface area contributed by atoms with E-state index < -0.39 is 35.5 Å². The molecule has 11 heteroatoms. The van der Waals surface area contributed by atoms with E-state index in [9.17, 15) is 14.2 Å². The van der Waals surface area contributed by atoms with E-state index in [2.05, 4.69) is 17.7 Å². The molecule has 0 bridgehead atoms. The van der Waals surface area contributed by atoms with Gasteiger partial charge in [-0.25, -0.2) is 9.76 Å². The Morgan fingerprint density at radius 3 is 2.31 bits per heavy atom. The van der Waals surface area contributed by atoms with Crippen LogP contribution in [0.1, 0.15) is 40.5 Å². The zero-order chi connectivity index (χ0) is 20.0. The van der Waals surface area contributed by atoms with Crippen molar-refractivity contribution in [2.75, 3.05) is 25.5 Å². The van der Waals surface area contributed by atoms with Crippen molar-refractivity contribution in [2.45, 2.75) is 57.5 Å². The number of nitrogens with two attached hydrogens (primary N) is 1. The first-order chi connectivity index (χ1) is 12.2. The molecule has 1 fully saturated rings. The Morgan fingerprint density at radius 2 is 1.88 bits per heavy atom. The number of ether oxygens (including phenoxy) is 2. The number of nitrogens with one attached hydrogen (secondary N) is 1. The molecule has 1 aliphatic rings. The minimum absolute atomic E-state index is 0.221. The van der Waals surface area contributed by atoms with Gasteiger partial charge in [-0.05, 0) is 40.5 Å². The molecule has 0 aromatic rings. The van der Waals surface area contributed by atoms with Crippen LogP contribution in [-0.4, -0.2) is 59.1 Å². The summed E-state index contributed by atoms with van der Waals surface area (Å²) in [7, 11) is 0. The van der Waals surface area contributed by atoms with Gasteiger partial charge in [-0.2, -0.15) is 12.6 Å². The molecule has 1 aliphatic carbocycles. The van der Waals surface area contributed by atoms with Crippen molar-refractivity contribution in [2.24, 2.45) is 5.73 Å². The van der Waals surface area contributed by atoms with Crippen LogP contribution in [0.25, 0.3) is 0 Å². The number of esters is 2. The van der Waals surface area contributed by atoms with Gasteiger partial charge >= 0.3 is 11.9 Å². The van der Waals surface area contributed by atoms with Crippen LogP contribution in [0.3, 0.4) is 0 Å². The molecular weight excluding hydrogens is 397 g/mol. The lowest BCUT2D eigenvalue weighted by molar-refractivity contribution is -0.147. The number of rotatable bonds is 12. The predicted octanol–water partition coefficient (Wildman–Crippen LogP) is 2.00. The lowest BCUT2D eigenvalue weighted by Gasteiger charge is -2.38. The summed E-state index contributed by atoms with van der Waals surface area (Å²) in [6.45, 7) is 4.12. The Bertz CT molecular complexity index is 545. The van der Waals surface area contributed by atoms with Crippen molar-refractivity contribution in [3.63, 3.8) is 0 Å². The third kappa shape index (κ3) is 5.87. The van der Waals surface area contributed by atoms with Crippen LogP contribution in [-0.2, 0) is 23.6 Å². The van der Waals surface area contributed by atoms with Crippen molar-refractivity contribution in [3.8, 4) is 0 Å². The maximum atomic E-state index is 13.9. The Morgan fingerprint density at radius 1 is 1.31 bits per heavy atom. The van der Waals surface area contributed by atoms with E-state index in [4.69, 9.17) is 15.2 Å². The molecule has 0 spiro atoms. The molecule has 152 valence electrons. The van der Waals surface area contributed by atoms with Gasteiger partial charge in [0.25, 0.3) is 6.65 Å². The fraction of sp³-hybridized carbons (Fsp3) is 0.867. The highest BCUT2D eigenvalue weighted by Gasteiger charge is 2.57. The summed E-state index contributed by atoms with van der Waals surface area (Å²) in [4.78, 5) is 24.6. The molecule has 1 rings (SSSR count). The molecule has 3 N–H and O–H groups in total. The van der Waals surface area contributed by atoms with Gasteiger partial charge in [0, 0.05) is 12.3 Å². The summed E-state index contributed by atoms with van der Waals surface area (Å²) in [6.07, 6.45) is 1.06. The van der Waals surface area contributed by atoms with Crippen LogP contribution in [0, 0.1) is 0 Å². The van der Waals surface area contributed by atoms with Crippen molar-refractivity contribution in [1.29, 1.82) is 0 Å². The first kappa shape index (κ1) is 23.8. The van der Waals surface area contributed by atoms with E-state index in [0.717, 1.165) is 11.4 Å². The number of carbonyl (C=O) groups is 2. The molecule has 8 nitrogen and oxygen atoms in total. The van der Waals surface area contributed by atoms with E-state index in [1.807, 2.05) is 0 Å². The smallest absolute Gasteiger partial charge is 0.326 e. The highest BCUT2D eigenvalue weighted by molar-refractivity contribution is 8.56. The van der Waals surface area contributed by atoms with Crippen LogP contribution in [0.15, 0.2) is 0 Å². The number of thiol groups is 1. The van der Waals surface area contributed by atoms with E-state index in [0.29, 0.717) is 25.1 Å². The number of hydrogen-bond donors (Lipinski definition) is 3. The third-order valence-electron chi connectivity index (χ3n) is 3.87. The van der Waals surface area contributed by atoms with Crippen molar-refractivity contribution in [3.05, 3.63) is 0 Å². The first-order valence-electron chi connectivity index (χ1n) is 8.72. The standard InChI is InChI=1S/C15H30N3O5PS2/c1-5-22-13(19)11(3)18(12(4)25)24(21,26-10-9-16)17-15(7-8-15)14(20)23-6-2/h11-12,25H,5-10,16H2,1-4H3,(H,17,21)/t11-,12?,24?/m0/s1. The van der Waals surface area contributed by atoms with E-state index in [1.54, 1.807) is 27.7 Å². The number of nitrogens with zero attached hydrogens (tertiary/aromatic N) is 1. The molecule has 0 aromatic carbocycles. The molecular formula is C15H30N3O5PS2. The van der Waals surface area contributed by atoms with Gasteiger partial charge in [0.15, 0.2) is 0 Å². The van der Waals surface area contributed by atoms with Crippen LogP contribution in [0.4, 0.5) is 0 Å². The normalized spacial score (nSPS) is 20.1. The Balaban J connectivity index is 3.16.